The minimum Gasteiger partial charge on any atom is -0.462 e. The summed E-state index contributed by atoms with van der Waals surface area (Å²) >= 11 is 0. The first kappa shape index (κ1) is 21.5. The molecule has 0 unspecified atom stereocenters. The third-order valence-electron chi connectivity index (χ3n) is 3.61. The Balaban J connectivity index is 2.18. The molecule has 0 aliphatic rings. The molecule has 2 aromatic carbocycles. The predicted octanol–water partition coefficient (Wildman–Crippen LogP) is 4.34. The summed E-state index contributed by atoms with van der Waals surface area (Å²) in [5.41, 5.74) is -0.954. The molecule has 0 aliphatic carbocycles. The first-order chi connectivity index (χ1) is 13.8. The summed E-state index contributed by atoms with van der Waals surface area (Å²) in [6.07, 6.45) is -3.51. The van der Waals surface area contributed by atoms with Gasteiger partial charge in [-0.25, -0.2) is 4.79 Å². The van der Waals surface area contributed by atoms with Crippen LogP contribution in [-0.4, -0.2) is 18.5 Å². The van der Waals surface area contributed by atoms with E-state index < -0.39 is 29.2 Å². The highest BCUT2D eigenvalue weighted by molar-refractivity contribution is 6.07. The highest BCUT2D eigenvalue weighted by Gasteiger charge is 2.30. The smallest absolute Gasteiger partial charge is 0.416 e. The van der Waals surface area contributed by atoms with Gasteiger partial charge < -0.3 is 15.4 Å². The van der Waals surface area contributed by atoms with Crippen LogP contribution in [0.2, 0.25) is 0 Å². The van der Waals surface area contributed by atoms with E-state index in [1.165, 1.54) is 12.1 Å². The maximum Gasteiger partial charge on any atom is 0.416 e. The van der Waals surface area contributed by atoms with E-state index in [1.807, 2.05) is 0 Å². The summed E-state index contributed by atoms with van der Waals surface area (Å²) in [6, 6.07) is 12.0. The van der Waals surface area contributed by atoms with Crippen molar-refractivity contribution in [3.8, 4) is 6.07 Å². The van der Waals surface area contributed by atoms with Crippen molar-refractivity contribution in [2.75, 3.05) is 17.2 Å². The fourth-order valence-electron chi connectivity index (χ4n) is 2.27. The number of halogens is 3. The van der Waals surface area contributed by atoms with Crippen LogP contribution in [0.15, 0.2) is 60.3 Å². The van der Waals surface area contributed by atoms with Gasteiger partial charge in [0.2, 0.25) is 0 Å². The average Bonchev–Trinajstić information content (AvgIpc) is 2.68. The molecule has 0 fully saturated rings. The molecule has 0 aromatic heterocycles. The first-order valence-corrected chi connectivity index (χ1v) is 8.37. The van der Waals surface area contributed by atoms with Gasteiger partial charge in [0.25, 0.3) is 5.91 Å². The number of amides is 1. The molecule has 0 spiro atoms. The number of carbonyl (C=O) groups is 2. The molecule has 0 aliphatic heterocycles. The molecule has 0 radical (unpaired) electrons. The van der Waals surface area contributed by atoms with Gasteiger partial charge >= 0.3 is 12.1 Å². The Bertz CT molecular complexity index is 979. The van der Waals surface area contributed by atoms with Crippen LogP contribution < -0.4 is 10.6 Å². The highest BCUT2D eigenvalue weighted by atomic mass is 19.4. The third kappa shape index (κ3) is 5.84. The number of benzene rings is 2. The summed E-state index contributed by atoms with van der Waals surface area (Å²) in [5.74, 6) is -1.50. The van der Waals surface area contributed by atoms with Gasteiger partial charge in [0, 0.05) is 11.9 Å². The van der Waals surface area contributed by atoms with Crippen molar-refractivity contribution in [1.82, 2.24) is 0 Å². The van der Waals surface area contributed by atoms with Crippen LogP contribution >= 0.6 is 0 Å². The molecule has 29 heavy (non-hydrogen) atoms. The lowest BCUT2D eigenvalue weighted by molar-refractivity contribution is -0.137. The maximum absolute atomic E-state index is 12.8. The van der Waals surface area contributed by atoms with Crippen LogP contribution in [-0.2, 0) is 15.7 Å². The molecular formula is C20H16F3N3O3. The maximum atomic E-state index is 12.8. The van der Waals surface area contributed by atoms with Crippen LogP contribution in [0.3, 0.4) is 0 Å². The average molecular weight is 403 g/mol. The normalized spacial score (nSPS) is 11.3. The van der Waals surface area contributed by atoms with E-state index in [0.717, 1.165) is 24.4 Å². The molecule has 6 nitrogen and oxygen atoms in total. The SMILES string of the molecule is CCOC(=O)c1ccccc1N/C=C(/C#N)C(=O)Nc1cccc(C(F)(F)F)c1. The Morgan fingerprint density at radius 2 is 1.90 bits per heavy atom. The zero-order chi connectivity index (χ0) is 21.4. The van der Waals surface area contributed by atoms with Gasteiger partial charge in [-0.05, 0) is 37.3 Å². The minimum absolute atomic E-state index is 0.113. The largest absolute Gasteiger partial charge is 0.462 e. The van der Waals surface area contributed by atoms with E-state index in [0.29, 0.717) is 5.69 Å². The quantitative estimate of drug-likeness (QED) is 0.425. The Labute approximate surface area is 164 Å². The molecule has 0 saturated heterocycles. The van der Waals surface area contributed by atoms with Crippen molar-refractivity contribution in [1.29, 1.82) is 5.26 Å². The van der Waals surface area contributed by atoms with Crippen molar-refractivity contribution in [2.24, 2.45) is 0 Å². The molecule has 0 saturated carbocycles. The molecule has 0 atom stereocenters. The number of nitrogens with one attached hydrogen (secondary N) is 2. The molecule has 150 valence electrons. The van der Waals surface area contributed by atoms with Gasteiger partial charge in [0.15, 0.2) is 0 Å². The predicted molar refractivity (Wildman–Crippen MR) is 99.8 cm³/mol. The van der Waals surface area contributed by atoms with Crippen LogP contribution in [0, 0.1) is 11.3 Å². The van der Waals surface area contributed by atoms with Gasteiger partial charge in [-0.15, -0.1) is 0 Å². The van der Waals surface area contributed by atoms with E-state index in [1.54, 1.807) is 31.2 Å². The highest BCUT2D eigenvalue weighted by Crippen LogP contribution is 2.30. The van der Waals surface area contributed by atoms with Crippen molar-refractivity contribution < 1.29 is 27.5 Å². The molecule has 2 aromatic rings. The summed E-state index contributed by atoms with van der Waals surface area (Å²) < 4.78 is 43.2. The zero-order valence-electron chi connectivity index (χ0n) is 15.2. The second kappa shape index (κ2) is 9.41. The zero-order valence-corrected chi connectivity index (χ0v) is 15.2. The van der Waals surface area contributed by atoms with Gasteiger partial charge in [-0.3, -0.25) is 4.79 Å². The van der Waals surface area contributed by atoms with E-state index >= 15 is 0 Å². The molecule has 9 heteroatoms. The molecule has 2 N–H and O–H groups in total. The molecule has 0 bridgehead atoms. The van der Waals surface area contributed by atoms with E-state index in [9.17, 15) is 28.0 Å². The Morgan fingerprint density at radius 1 is 1.17 bits per heavy atom. The fourth-order valence-corrected chi connectivity index (χ4v) is 2.27. The Morgan fingerprint density at radius 3 is 2.55 bits per heavy atom. The molecule has 2 rings (SSSR count). The van der Waals surface area contributed by atoms with E-state index in [2.05, 4.69) is 10.6 Å². The van der Waals surface area contributed by atoms with Gasteiger partial charge in [-0.1, -0.05) is 18.2 Å². The van der Waals surface area contributed by atoms with Crippen molar-refractivity contribution in [3.05, 3.63) is 71.4 Å². The van der Waals surface area contributed by atoms with E-state index in [-0.39, 0.29) is 17.9 Å². The summed E-state index contributed by atoms with van der Waals surface area (Å²) in [5, 5.41) is 14.1. The lowest BCUT2D eigenvalue weighted by atomic mass is 10.1. The standard InChI is InChI=1S/C20H16F3N3O3/c1-2-29-19(28)16-8-3-4-9-17(16)25-12-13(11-24)18(27)26-15-7-5-6-14(10-15)20(21,22)23/h3-10,12,25H,2H2,1H3,(H,26,27)/b13-12-. The van der Waals surface area contributed by atoms with Crippen molar-refractivity contribution in [3.63, 3.8) is 0 Å². The topological polar surface area (TPSA) is 91.2 Å². The monoisotopic (exact) mass is 403 g/mol. The van der Waals surface area contributed by atoms with Crippen LogP contribution in [0.4, 0.5) is 24.5 Å². The van der Waals surface area contributed by atoms with Crippen molar-refractivity contribution in [2.45, 2.75) is 13.1 Å². The number of nitrogens with zero attached hydrogens (tertiary/aromatic N) is 1. The lowest BCUT2D eigenvalue weighted by Gasteiger charge is -2.10. The third-order valence-corrected chi connectivity index (χ3v) is 3.61. The summed E-state index contributed by atoms with van der Waals surface area (Å²) in [7, 11) is 0. The Hall–Kier alpha value is -3.80. The van der Waals surface area contributed by atoms with Crippen LogP contribution in [0.1, 0.15) is 22.8 Å². The number of ether oxygens (including phenoxy) is 1. The fraction of sp³-hybridized carbons (Fsp3) is 0.150. The second-order valence-electron chi connectivity index (χ2n) is 5.61. The molecular weight excluding hydrogens is 387 g/mol. The van der Waals surface area contributed by atoms with Crippen LogP contribution in [0.25, 0.3) is 0 Å². The number of hydrogen-bond donors (Lipinski definition) is 2. The van der Waals surface area contributed by atoms with Gasteiger partial charge in [-0.2, -0.15) is 18.4 Å². The van der Waals surface area contributed by atoms with E-state index in [4.69, 9.17) is 4.74 Å². The lowest BCUT2D eigenvalue weighted by Crippen LogP contribution is -2.16. The van der Waals surface area contributed by atoms with Gasteiger partial charge in [0.1, 0.15) is 11.6 Å². The molecule has 1 amide bonds. The number of para-hydroxylation sites is 1. The number of rotatable bonds is 6. The van der Waals surface area contributed by atoms with Gasteiger partial charge in [0.05, 0.1) is 23.4 Å². The van der Waals surface area contributed by atoms with Crippen molar-refractivity contribution >= 4 is 23.3 Å². The minimum atomic E-state index is -4.56. The number of anilines is 2. The number of alkyl halides is 3. The number of nitriles is 1. The Kier molecular flexibility index (Phi) is 6.98. The first-order valence-electron chi connectivity index (χ1n) is 8.37. The number of hydrogen-bond acceptors (Lipinski definition) is 5. The number of esters is 1. The molecule has 0 heterocycles. The summed E-state index contributed by atoms with van der Waals surface area (Å²) in [6.45, 7) is 1.82. The second-order valence-corrected chi connectivity index (χ2v) is 5.61. The van der Waals surface area contributed by atoms with Crippen LogP contribution in [0.5, 0.6) is 0 Å². The number of carbonyl (C=O) groups excluding carboxylic acids is 2. The summed E-state index contributed by atoms with van der Waals surface area (Å²) in [4.78, 5) is 24.2.